The van der Waals surface area contributed by atoms with Crippen LogP contribution < -0.4 is 10.1 Å². The molecule has 0 saturated heterocycles. The van der Waals surface area contributed by atoms with Crippen molar-refractivity contribution in [1.29, 1.82) is 5.26 Å². The molecule has 0 bridgehead atoms. The molecular weight excluding hydrogens is 453 g/mol. The topological polar surface area (TPSA) is 114 Å². The van der Waals surface area contributed by atoms with E-state index in [0.29, 0.717) is 21.3 Å². The first-order chi connectivity index (χ1) is 15.2. The van der Waals surface area contributed by atoms with Crippen molar-refractivity contribution in [2.75, 3.05) is 5.32 Å². The van der Waals surface area contributed by atoms with Gasteiger partial charge < -0.3 is 10.1 Å². The quantitative estimate of drug-likeness (QED) is 0.322. The van der Waals surface area contributed by atoms with Gasteiger partial charge in [-0.05, 0) is 55.7 Å². The summed E-state index contributed by atoms with van der Waals surface area (Å²) in [7, 11) is 0. The number of benzene rings is 2. The first kappa shape index (κ1) is 23.3. The highest BCUT2D eigenvalue weighted by Crippen LogP contribution is 2.38. The number of aromatic nitrogens is 2. The molecule has 0 fully saturated rings. The molecule has 1 N–H and O–H groups in total. The van der Waals surface area contributed by atoms with Crippen molar-refractivity contribution in [2.24, 2.45) is 0 Å². The van der Waals surface area contributed by atoms with E-state index in [4.69, 9.17) is 27.9 Å². The van der Waals surface area contributed by atoms with Gasteiger partial charge in [-0.15, -0.1) is 0 Å². The number of aryl methyl sites for hydroxylation is 1. The van der Waals surface area contributed by atoms with Gasteiger partial charge in [-0.25, -0.2) is 4.98 Å². The van der Waals surface area contributed by atoms with Crippen LogP contribution in [0.3, 0.4) is 0 Å². The summed E-state index contributed by atoms with van der Waals surface area (Å²) >= 11 is 12.5. The van der Waals surface area contributed by atoms with Crippen LogP contribution in [0.1, 0.15) is 36.5 Å². The Hall–Kier alpha value is -3.41. The predicted octanol–water partition coefficient (Wildman–Crippen LogP) is 6.19. The molecule has 0 amide bonds. The van der Waals surface area contributed by atoms with Crippen LogP contribution in [0, 0.1) is 28.4 Å². The number of rotatable bonds is 7. The largest absolute Gasteiger partial charge is 0.470 e. The third-order valence-electron chi connectivity index (χ3n) is 4.56. The predicted molar refractivity (Wildman–Crippen MR) is 123 cm³/mol. The van der Waals surface area contributed by atoms with Gasteiger partial charge in [0.2, 0.25) is 5.82 Å². The minimum Gasteiger partial charge on any atom is -0.470 e. The maximum Gasteiger partial charge on any atom is 0.373 e. The van der Waals surface area contributed by atoms with Gasteiger partial charge in [0.1, 0.15) is 6.33 Å². The number of anilines is 2. The highest BCUT2D eigenvalue weighted by atomic mass is 35.5. The van der Waals surface area contributed by atoms with Crippen LogP contribution >= 0.6 is 23.2 Å². The summed E-state index contributed by atoms with van der Waals surface area (Å²) in [5.41, 5.74) is 2.21. The Balaban J connectivity index is 2.00. The zero-order valence-electron chi connectivity index (χ0n) is 17.5. The van der Waals surface area contributed by atoms with Crippen molar-refractivity contribution < 1.29 is 9.66 Å². The van der Waals surface area contributed by atoms with E-state index < -0.39 is 10.8 Å². The number of halogens is 2. The van der Waals surface area contributed by atoms with Gasteiger partial charge in [-0.1, -0.05) is 41.4 Å². The molecule has 0 spiro atoms. The summed E-state index contributed by atoms with van der Waals surface area (Å²) < 4.78 is 5.46. The molecule has 10 heteroatoms. The molecule has 1 atom stereocenters. The number of nitrogens with one attached hydrogen (secondary N) is 1. The maximum atomic E-state index is 11.7. The number of nitriles is 1. The minimum absolute atomic E-state index is 0.0258. The SMILES string of the molecule is Cc1cc(C(C#N)c2ccc(Cl)cc2)c(Cl)cc1Nc1ncnc(OC(C)C)c1[N+](=O)[O-]. The number of nitrogens with zero attached hydrogens (tertiary/aromatic N) is 4. The second-order valence-electron chi connectivity index (χ2n) is 7.23. The average molecular weight is 472 g/mol. The Morgan fingerprint density at radius 1 is 1.19 bits per heavy atom. The van der Waals surface area contributed by atoms with Gasteiger partial charge in [0.05, 0.1) is 23.0 Å². The number of hydrogen-bond donors (Lipinski definition) is 1. The van der Waals surface area contributed by atoms with E-state index in [-0.39, 0.29) is 23.5 Å². The fourth-order valence-electron chi connectivity index (χ4n) is 3.09. The standard InChI is InChI=1S/C22H19Cl2N5O3/c1-12(2)32-22-20(29(30)31)21(26-11-27-22)28-19-9-18(24)16(8-13(19)3)17(10-25)14-4-6-15(23)7-5-14/h4-9,11-12,17H,1-3H3,(H,26,27,28). The molecule has 1 aromatic heterocycles. The lowest BCUT2D eigenvalue weighted by atomic mass is 9.91. The van der Waals surface area contributed by atoms with E-state index in [9.17, 15) is 15.4 Å². The number of ether oxygens (including phenoxy) is 1. The molecule has 3 rings (SSSR count). The molecule has 8 nitrogen and oxygen atoms in total. The summed E-state index contributed by atoms with van der Waals surface area (Å²) in [5.74, 6) is -0.760. The smallest absolute Gasteiger partial charge is 0.373 e. The van der Waals surface area contributed by atoms with Crippen molar-refractivity contribution in [3.05, 3.63) is 79.6 Å². The summed E-state index contributed by atoms with van der Waals surface area (Å²) in [6, 6.07) is 12.6. The number of hydrogen-bond acceptors (Lipinski definition) is 7. The lowest BCUT2D eigenvalue weighted by Crippen LogP contribution is -2.11. The Morgan fingerprint density at radius 3 is 2.47 bits per heavy atom. The molecule has 0 radical (unpaired) electrons. The second-order valence-corrected chi connectivity index (χ2v) is 8.07. The first-order valence-electron chi connectivity index (χ1n) is 9.59. The molecule has 0 aliphatic heterocycles. The fourth-order valence-corrected chi connectivity index (χ4v) is 3.49. The van der Waals surface area contributed by atoms with Crippen LogP contribution in [0.5, 0.6) is 5.88 Å². The third kappa shape index (κ3) is 5.07. The van der Waals surface area contributed by atoms with E-state index in [1.165, 1.54) is 6.33 Å². The van der Waals surface area contributed by atoms with Crippen LogP contribution in [-0.4, -0.2) is 21.0 Å². The van der Waals surface area contributed by atoms with Crippen LogP contribution in [0.15, 0.2) is 42.7 Å². The average Bonchev–Trinajstić information content (AvgIpc) is 2.72. The highest BCUT2D eigenvalue weighted by molar-refractivity contribution is 6.32. The van der Waals surface area contributed by atoms with E-state index >= 15 is 0 Å². The van der Waals surface area contributed by atoms with Crippen molar-refractivity contribution in [3.63, 3.8) is 0 Å². The van der Waals surface area contributed by atoms with Gasteiger partial charge in [0.15, 0.2) is 0 Å². The van der Waals surface area contributed by atoms with Crippen molar-refractivity contribution >= 4 is 40.4 Å². The molecule has 3 aromatic rings. The summed E-state index contributed by atoms with van der Waals surface area (Å²) in [6.45, 7) is 5.29. The van der Waals surface area contributed by atoms with Crippen LogP contribution in [-0.2, 0) is 0 Å². The van der Waals surface area contributed by atoms with Crippen molar-refractivity contribution in [2.45, 2.75) is 32.8 Å². The van der Waals surface area contributed by atoms with E-state index in [0.717, 1.165) is 11.1 Å². The third-order valence-corrected chi connectivity index (χ3v) is 5.14. The maximum absolute atomic E-state index is 11.7. The lowest BCUT2D eigenvalue weighted by Gasteiger charge is -2.17. The fraction of sp³-hybridized carbons (Fsp3) is 0.227. The Morgan fingerprint density at radius 2 is 1.88 bits per heavy atom. The van der Waals surface area contributed by atoms with E-state index in [1.54, 1.807) is 57.2 Å². The normalized spacial score (nSPS) is 11.7. The summed E-state index contributed by atoms with van der Waals surface area (Å²) in [4.78, 5) is 19.0. The lowest BCUT2D eigenvalue weighted by molar-refractivity contribution is -0.385. The molecular formula is C22H19Cl2N5O3. The van der Waals surface area contributed by atoms with Gasteiger partial charge in [-0.2, -0.15) is 10.2 Å². The molecule has 164 valence electrons. The van der Waals surface area contributed by atoms with Gasteiger partial charge in [0, 0.05) is 15.7 Å². The molecule has 1 unspecified atom stereocenters. The zero-order chi connectivity index (χ0) is 23.4. The Bertz CT molecular complexity index is 1190. The summed E-state index contributed by atoms with van der Waals surface area (Å²) in [5, 5.41) is 25.3. The number of nitro groups is 1. The molecule has 2 aromatic carbocycles. The minimum atomic E-state index is -0.605. The summed E-state index contributed by atoms with van der Waals surface area (Å²) in [6.07, 6.45) is 0.882. The molecule has 0 saturated carbocycles. The van der Waals surface area contributed by atoms with E-state index in [2.05, 4.69) is 21.4 Å². The molecule has 0 aliphatic rings. The van der Waals surface area contributed by atoms with Crippen molar-refractivity contribution in [3.8, 4) is 11.9 Å². The molecule has 1 heterocycles. The second kappa shape index (κ2) is 9.81. The Labute approximate surface area is 194 Å². The first-order valence-corrected chi connectivity index (χ1v) is 10.3. The monoisotopic (exact) mass is 471 g/mol. The van der Waals surface area contributed by atoms with Crippen LogP contribution in [0.25, 0.3) is 0 Å². The highest BCUT2D eigenvalue weighted by Gasteiger charge is 2.26. The van der Waals surface area contributed by atoms with Crippen molar-refractivity contribution in [1.82, 2.24) is 9.97 Å². The van der Waals surface area contributed by atoms with E-state index in [1.807, 2.05) is 0 Å². The van der Waals surface area contributed by atoms with Gasteiger partial charge in [-0.3, -0.25) is 10.1 Å². The zero-order valence-corrected chi connectivity index (χ0v) is 19.0. The molecule has 32 heavy (non-hydrogen) atoms. The van der Waals surface area contributed by atoms with Gasteiger partial charge in [0.25, 0.3) is 5.88 Å². The molecule has 0 aliphatic carbocycles. The van der Waals surface area contributed by atoms with Crippen LogP contribution in [0.4, 0.5) is 17.2 Å². The van der Waals surface area contributed by atoms with Gasteiger partial charge >= 0.3 is 5.69 Å². The van der Waals surface area contributed by atoms with Crippen LogP contribution in [0.2, 0.25) is 10.0 Å². The Kier molecular flexibility index (Phi) is 7.13.